The summed E-state index contributed by atoms with van der Waals surface area (Å²) in [6.07, 6.45) is 0.687. The molecule has 69 heavy (non-hydrogen) atoms. The highest BCUT2D eigenvalue weighted by atomic mass is 28.4. The molecule has 0 unspecified atom stereocenters. The third-order valence-corrected chi connectivity index (χ3v) is 21.7. The number of nitriles is 2. The highest BCUT2D eigenvalue weighted by Crippen LogP contribution is 2.38. The molecule has 1 N–H and O–H groups in total. The summed E-state index contributed by atoms with van der Waals surface area (Å²) in [5, 5.41) is 32.5. The van der Waals surface area contributed by atoms with E-state index in [2.05, 4.69) is 96.7 Å². The summed E-state index contributed by atoms with van der Waals surface area (Å²) in [5.74, 6) is -0.951. The summed E-state index contributed by atoms with van der Waals surface area (Å²) in [4.78, 5) is 0. The molecular weight excluding hydrogens is 903 g/mol. The van der Waals surface area contributed by atoms with Crippen molar-refractivity contribution in [2.75, 3.05) is 33.0 Å². The van der Waals surface area contributed by atoms with Crippen LogP contribution in [0.5, 0.6) is 0 Å². The van der Waals surface area contributed by atoms with E-state index in [9.17, 15) is 19.1 Å². The highest BCUT2D eigenvalue weighted by molar-refractivity contribution is 7.00. The summed E-state index contributed by atoms with van der Waals surface area (Å²) in [7, 11) is -5.50. The molecule has 2 atom stereocenters. The van der Waals surface area contributed by atoms with Gasteiger partial charge < -0.3 is 28.2 Å². The molecule has 6 aromatic carbocycles. The van der Waals surface area contributed by atoms with Gasteiger partial charge in [-0.15, -0.1) is 6.58 Å². The predicted octanol–water partition coefficient (Wildman–Crippen LogP) is 9.51. The minimum atomic E-state index is -2.75. The van der Waals surface area contributed by atoms with E-state index in [1.807, 2.05) is 84.9 Å². The molecular formula is C57H64F2N2O6Si2. The number of rotatable bonds is 21. The molecule has 6 aromatic rings. The Hall–Kier alpha value is -5.91. The van der Waals surface area contributed by atoms with Crippen LogP contribution in [0.4, 0.5) is 8.78 Å². The van der Waals surface area contributed by atoms with Crippen LogP contribution in [-0.2, 0) is 36.3 Å². The molecule has 0 saturated heterocycles. The lowest BCUT2D eigenvalue weighted by Crippen LogP contribution is -2.67. The Morgan fingerprint density at radius 2 is 0.899 bits per heavy atom. The molecule has 0 aliphatic carbocycles. The first-order chi connectivity index (χ1) is 33.1. The van der Waals surface area contributed by atoms with Crippen molar-refractivity contribution in [1.29, 1.82) is 10.5 Å². The maximum absolute atomic E-state index is 13.9. The van der Waals surface area contributed by atoms with Crippen molar-refractivity contribution >= 4 is 37.4 Å². The predicted molar refractivity (Wildman–Crippen MR) is 275 cm³/mol. The number of hydrogen-bond donors (Lipinski definition) is 1. The lowest BCUT2D eigenvalue weighted by atomic mass is 10.1. The molecule has 0 spiro atoms. The Balaban J connectivity index is 0.000000258. The molecule has 0 fully saturated rings. The Morgan fingerprint density at radius 1 is 0.551 bits per heavy atom. The SMILES string of the molecule is C=CCOC[C@H](CO[Si](c1ccccc1)(c1ccccc1)C(C)(C)C)OCc1cc(F)cc(C#N)c1.CC(C)(C)[Si](OC[C@@H](CO)OCc1cc(F)cc(C#N)c1)(c1ccccc1)c1ccccc1. The summed E-state index contributed by atoms with van der Waals surface area (Å²) in [6.45, 7) is 18.1. The van der Waals surface area contributed by atoms with Gasteiger partial charge in [-0.05, 0) is 78.3 Å². The van der Waals surface area contributed by atoms with Crippen LogP contribution in [0.2, 0.25) is 10.1 Å². The van der Waals surface area contributed by atoms with Crippen molar-refractivity contribution in [2.24, 2.45) is 0 Å². The fourth-order valence-corrected chi connectivity index (χ4v) is 17.7. The monoisotopic (exact) mass is 966 g/mol. The summed E-state index contributed by atoms with van der Waals surface area (Å²) in [6, 6.07) is 53.5. The Kier molecular flexibility index (Phi) is 20.1. The van der Waals surface area contributed by atoms with Crippen molar-refractivity contribution in [3.8, 4) is 12.1 Å². The van der Waals surface area contributed by atoms with Gasteiger partial charge in [-0.25, -0.2) is 8.78 Å². The van der Waals surface area contributed by atoms with Gasteiger partial charge in [0.25, 0.3) is 16.6 Å². The Bertz CT molecular complexity index is 2520. The minimum absolute atomic E-state index is 0.0712. The molecule has 12 heteroatoms. The van der Waals surface area contributed by atoms with Crippen LogP contribution in [0.1, 0.15) is 63.8 Å². The number of aliphatic hydroxyl groups is 1. The first-order valence-corrected chi connectivity index (χ1v) is 26.8. The first-order valence-electron chi connectivity index (χ1n) is 23.0. The van der Waals surface area contributed by atoms with E-state index in [0.717, 1.165) is 10.4 Å². The van der Waals surface area contributed by atoms with E-state index < -0.39 is 40.5 Å². The quantitative estimate of drug-likeness (QED) is 0.0432. The van der Waals surface area contributed by atoms with Crippen molar-refractivity contribution < 1.29 is 36.9 Å². The van der Waals surface area contributed by atoms with Gasteiger partial charge in [-0.1, -0.05) is 169 Å². The van der Waals surface area contributed by atoms with Gasteiger partial charge in [-0.2, -0.15) is 10.5 Å². The van der Waals surface area contributed by atoms with Crippen LogP contribution < -0.4 is 20.7 Å². The van der Waals surface area contributed by atoms with Crippen LogP contribution in [0, 0.1) is 34.3 Å². The second kappa shape index (κ2) is 25.6. The molecule has 8 nitrogen and oxygen atoms in total. The van der Waals surface area contributed by atoms with Gasteiger partial charge in [0, 0.05) is 0 Å². The first kappa shape index (κ1) is 54.0. The molecule has 0 aromatic heterocycles. The fourth-order valence-electron chi connectivity index (χ4n) is 8.56. The number of aliphatic hydroxyl groups excluding tert-OH is 1. The number of ether oxygens (including phenoxy) is 3. The zero-order valence-electron chi connectivity index (χ0n) is 40.5. The van der Waals surface area contributed by atoms with E-state index in [0.29, 0.717) is 30.9 Å². The van der Waals surface area contributed by atoms with Crippen LogP contribution >= 0.6 is 0 Å². The molecule has 6 rings (SSSR count). The van der Waals surface area contributed by atoms with Crippen LogP contribution in [0.25, 0.3) is 0 Å². The lowest BCUT2D eigenvalue weighted by Gasteiger charge is -2.43. The largest absolute Gasteiger partial charge is 0.405 e. The van der Waals surface area contributed by atoms with Gasteiger partial charge >= 0.3 is 0 Å². The van der Waals surface area contributed by atoms with Gasteiger partial charge in [0.05, 0.1) is 69.5 Å². The third-order valence-electron chi connectivity index (χ3n) is 11.7. The van der Waals surface area contributed by atoms with E-state index >= 15 is 0 Å². The van der Waals surface area contributed by atoms with E-state index in [4.69, 9.17) is 28.3 Å². The molecule has 0 heterocycles. The van der Waals surface area contributed by atoms with Crippen molar-refractivity contribution in [2.45, 2.75) is 77.0 Å². The zero-order valence-corrected chi connectivity index (χ0v) is 42.5. The van der Waals surface area contributed by atoms with Crippen LogP contribution in [0.15, 0.2) is 170 Å². The molecule has 0 aliphatic rings. The second-order valence-electron chi connectivity index (χ2n) is 18.7. The van der Waals surface area contributed by atoms with E-state index in [1.165, 1.54) is 34.6 Å². The summed E-state index contributed by atoms with van der Waals surface area (Å²) >= 11 is 0. The molecule has 0 amide bonds. The maximum Gasteiger partial charge on any atom is 0.261 e. The van der Waals surface area contributed by atoms with Crippen LogP contribution in [-0.4, -0.2) is 67.0 Å². The summed E-state index contributed by atoms with van der Waals surface area (Å²) in [5.41, 5.74) is 1.62. The van der Waals surface area contributed by atoms with E-state index in [-0.39, 0.29) is 47.6 Å². The molecule has 0 aliphatic heterocycles. The number of nitrogens with zero attached hydrogens (tertiary/aromatic N) is 2. The number of benzene rings is 6. The van der Waals surface area contributed by atoms with E-state index in [1.54, 1.807) is 18.2 Å². The molecule has 360 valence electrons. The topological polar surface area (TPSA) is 114 Å². The molecule has 0 radical (unpaired) electrons. The minimum Gasteiger partial charge on any atom is -0.405 e. The Morgan fingerprint density at radius 3 is 1.22 bits per heavy atom. The van der Waals surface area contributed by atoms with Crippen LogP contribution in [0.3, 0.4) is 0 Å². The normalized spacial score (nSPS) is 12.7. The zero-order chi connectivity index (χ0) is 49.9. The fraction of sp³-hybridized carbons (Fsp3) is 0.298. The van der Waals surface area contributed by atoms with Crippen molar-refractivity contribution in [1.82, 2.24) is 0 Å². The lowest BCUT2D eigenvalue weighted by molar-refractivity contribution is -0.0417. The number of hydrogen-bond acceptors (Lipinski definition) is 8. The summed E-state index contributed by atoms with van der Waals surface area (Å²) < 4.78 is 59.3. The van der Waals surface area contributed by atoms with Gasteiger partial charge in [-0.3, -0.25) is 0 Å². The average molecular weight is 967 g/mol. The van der Waals surface area contributed by atoms with Gasteiger partial charge in [0.2, 0.25) is 0 Å². The molecule has 0 bridgehead atoms. The highest BCUT2D eigenvalue weighted by Gasteiger charge is 2.51. The maximum atomic E-state index is 13.9. The van der Waals surface area contributed by atoms with Crippen molar-refractivity contribution in [3.05, 3.63) is 204 Å². The average Bonchev–Trinajstić information content (AvgIpc) is 3.34. The van der Waals surface area contributed by atoms with Crippen molar-refractivity contribution in [3.63, 3.8) is 0 Å². The smallest absolute Gasteiger partial charge is 0.261 e. The second-order valence-corrected chi connectivity index (χ2v) is 27.4. The standard InChI is InChI=1S/C30H34FNO3Si.C27H30FNO3Si/c1-5-16-33-22-27(34-21-25-17-24(20-32)18-26(31)19-25)23-35-36(30(2,3)4,28-12-8-6-9-13-28)29-14-10-7-11-15-29;1-27(2,3)33(25-10-6-4-7-11-25,26-12-8-5-9-13-26)32-20-24(18-30)31-19-22-14-21(17-29)15-23(28)16-22/h5-15,17-19,27H,1,16,21-23H2,2-4H3;4-16,24,30H,18-20H2,1-3H3/t27-;24-/m11/s1. The number of halogens is 2. The molecule has 0 saturated carbocycles. The third kappa shape index (κ3) is 14.3. The van der Waals surface area contributed by atoms with Gasteiger partial charge in [0.15, 0.2) is 0 Å². The Labute approximate surface area is 409 Å². The van der Waals surface area contributed by atoms with Gasteiger partial charge in [0.1, 0.15) is 23.8 Å².